The number of hydrogen-bond acceptors (Lipinski definition) is 1. The van der Waals surface area contributed by atoms with Crippen LogP contribution in [0, 0.1) is 0 Å². The van der Waals surface area contributed by atoms with Gasteiger partial charge in [-0.1, -0.05) is 32.8 Å². The van der Waals surface area contributed by atoms with Gasteiger partial charge in [0.25, 0.3) is 0 Å². The van der Waals surface area contributed by atoms with Gasteiger partial charge in [-0.3, -0.25) is 0 Å². The molecule has 0 saturated heterocycles. The van der Waals surface area contributed by atoms with E-state index in [0.717, 1.165) is 19.5 Å². The van der Waals surface area contributed by atoms with Crippen molar-refractivity contribution in [3.63, 3.8) is 0 Å². The van der Waals surface area contributed by atoms with Crippen LogP contribution in [-0.2, 0) is 0 Å². The van der Waals surface area contributed by atoms with Crippen LogP contribution in [0.25, 0.3) is 10.8 Å². The van der Waals surface area contributed by atoms with Gasteiger partial charge in [0.2, 0.25) is 0 Å². The molecule has 1 nitrogen and oxygen atoms in total. The molecule has 0 spiro atoms. The highest BCUT2D eigenvalue weighted by Gasteiger charge is 2.07. The first-order valence-corrected chi connectivity index (χ1v) is 6.61. The van der Waals surface area contributed by atoms with Crippen LogP contribution in [0.4, 0.5) is 0 Å². The molecule has 0 radical (unpaired) electrons. The van der Waals surface area contributed by atoms with Crippen LogP contribution < -0.4 is 5.30 Å². The topological polar surface area (TPSA) is 20.2 Å². The lowest BCUT2D eigenvalue weighted by molar-refractivity contribution is 0.201. The molecule has 0 aromatic heterocycles. The molecule has 0 saturated carbocycles. The number of hydrogen-bond donors (Lipinski definition) is 1. The summed E-state index contributed by atoms with van der Waals surface area (Å²) in [5.41, 5.74) is 1.04. The van der Waals surface area contributed by atoms with Crippen molar-refractivity contribution in [3.05, 3.63) is 42.0 Å². The molecule has 0 bridgehead atoms. The third-order valence-electron chi connectivity index (χ3n) is 2.63. The molecule has 2 atom stereocenters. The minimum absolute atomic E-state index is 0.397. The van der Waals surface area contributed by atoms with Crippen LogP contribution in [0.5, 0.6) is 0 Å². The zero-order valence-corrected chi connectivity index (χ0v) is 9.99. The van der Waals surface area contributed by atoms with Crippen molar-refractivity contribution in [2.75, 3.05) is 6.66 Å². The van der Waals surface area contributed by atoms with Gasteiger partial charge in [-0.15, -0.1) is 0 Å². The molecule has 0 aliphatic heterocycles. The summed E-state index contributed by atoms with van der Waals surface area (Å²) in [5, 5.41) is 13.4. The smallest absolute Gasteiger partial charge is 0.0768 e. The maximum absolute atomic E-state index is 9.74. The SMILES string of the molecule is CPc1cc(C(C)O)c2ccccc2c1. The van der Waals surface area contributed by atoms with Gasteiger partial charge in [0.1, 0.15) is 0 Å². The summed E-state index contributed by atoms with van der Waals surface area (Å²) >= 11 is 0. The van der Waals surface area contributed by atoms with Gasteiger partial charge in [0.15, 0.2) is 0 Å². The predicted molar refractivity (Wildman–Crippen MR) is 68.5 cm³/mol. The molecule has 2 rings (SSSR count). The van der Waals surface area contributed by atoms with Gasteiger partial charge in [-0.2, -0.15) is 0 Å². The van der Waals surface area contributed by atoms with E-state index in [1.165, 1.54) is 10.7 Å². The van der Waals surface area contributed by atoms with Crippen molar-refractivity contribution in [1.29, 1.82) is 0 Å². The average molecular weight is 218 g/mol. The van der Waals surface area contributed by atoms with Crippen molar-refractivity contribution in [2.24, 2.45) is 0 Å². The first-order chi connectivity index (χ1) is 7.22. The number of aliphatic hydroxyl groups is 1. The van der Waals surface area contributed by atoms with Crippen LogP contribution in [-0.4, -0.2) is 11.8 Å². The minimum atomic E-state index is -0.397. The van der Waals surface area contributed by atoms with Gasteiger partial charge in [-0.05, 0) is 47.4 Å². The molecule has 15 heavy (non-hydrogen) atoms. The summed E-state index contributed by atoms with van der Waals surface area (Å²) < 4.78 is 0. The molecule has 0 aliphatic carbocycles. The van der Waals surface area contributed by atoms with Crippen LogP contribution >= 0.6 is 8.58 Å². The van der Waals surface area contributed by atoms with Gasteiger partial charge in [0.05, 0.1) is 6.10 Å². The van der Waals surface area contributed by atoms with E-state index in [9.17, 15) is 5.11 Å². The van der Waals surface area contributed by atoms with E-state index in [4.69, 9.17) is 0 Å². The highest BCUT2D eigenvalue weighted by atomic mass is 31.1. The van der Waals surface area contributed by atoms with E-state index in [1.54, 1.807) is 0 Å². The summed E-state index contributed by atoms with van der Waals surface area (Å²) in [6.45, 7) is 3.99. The van der Waals surface area contributed by atoms with Crippen LogP contribution in [0.3, 0.4) is 0 Å². The molecule has 0 heterocycles. The van der Waals surface area contributed by atoms with Crippen LogP contribution in [0.1, 0.15) is 18.6 Å². The Morgan fingerprint density at radius 1 is 1.20 bits per heavy atom. The van der Waals surface area contributed by atoms with Gasteiger partial charge < -0.3 is 5.11 Å². The fourth-order valence-corrected chi connectivity index (χ4v) is 2.43. The van der Waals surface area contributed by atoms with E-state index in [-0.39, 0.29) is 0 Å². The Balaban J connectivity index is 2.74. The maximum atomic E-state index is 9.74. The minimum Gasteiger partial charge on any atom is -0.389 e. The van der Waals surface area contributed by atoms with Gasteiger partial charge >= 0.3 is 0 Å². The Morgan fingerprint density at radius 3 is 2.60 bits per heavy atom. The second-order valence-corrected chi connectivity index (χ2v) is 4.79. The average Bonchev–Trinajstić information content (AvgIpc) is 2.27. The van der Waals surface area contributed by atoms with Gasteiger partial charge in [-0.25, -0.2) is 0 Å². The zero-order chi connectivity index (χ0) is 10.8. The van der Waals surface area contributed by atoms with Gasteiger partial charge in [0, 0.05) is 0 Å². The number of aliphatic hydroxyl groups excluding tert-OH is 1. The lowest BCUT2D eigenvalue weighted by Crippen LogP contribution is -2.01. The molecular weight excluding hydrogens is 203 g/mol. The highest BCUT2D eigenvalue weighted by Crippen LogP contribution is 2.24. The molecule has 2 unspecified atom stereocenters. The van der Waals surface area contributed by atoms with E-state index in [2.05, 4.69) is 30.9 Å². The summed E-state index contributed by atoms with van der Waals surface area (Å²) in [5.74, 6) is 0. The van der Waals surface area contributed by atoms with Crippen molar-refractivity contribution >= 4 is 24.7 Å². The Morgan fingerprint density at radius 2 is 1.93 bits per heavy atom. The van der Waals surface area contributed by atoms with Crippen LogP contribution in [0.15, 0.2) is 36.4 Å². The molecule has 2 aromatic rings. The molecule has 1 N–H and O–H groups in total. The van der Waals surface area contributed by atoms with Crippen molar-refractivity contribution in [3.8, 4) is 0 Å². The van der Waals surface area contributed by atoms with Crippen LogP contribution in [0.2, 0.25) is 0 Å². The molecule has 78 valence electrons. The third-order valence-corrected chi connectivity index (χ3v) is 3.50. The van der Waals surface area contributed by atoms with E-state index < -0.39 is 6.10 Å². The molecule has 2 aromatic carbocycles. The number of benzene rings is 2. The summed E-state index contributed by atoms with van der Waals surface area (Å²) in [6.07, 6.45) is -0.397. The van der Waals surface area contributed by atoms with E-state index in [1.807, 2.05) is 19.1 Å². The maximum Gasteiger partial charge on any atom is 0.0768 e. The Labute approximate surface area is 91.9 Å². The quantitative estimate of drug-likeness (QED) is 0.768. The summed E-state index contributed by atoms with van der Waals surface area (Å²) in [4.78, 5) is 0. The molecule has 0 amide bonds. The van der Waals surface area contributed by atoms with Crippen molar-refractivity contribution < 1.29 is 5.11 Å². The zero-order valence-electron chi connectivity index (χ0n) is 8.99. The lowest BCUT2D eigenvalue weighted by Gasteiger charge is -2.11. The number of rotatable bonds is 2. The fraction of sp³-hybridized carbons (Fsp3) is 0.231. The predicted octanol–water partition coefficient (Wildman–Crippen LogP) is 2.83. The summed E-state index contributed by atoms with van der Waals surface area (Å²) in [7, 11) is 0.771. The normalized spacial score (nSPS) is 13.8. The molecule has 0 fully saturated rings. The van der Waals surface area contributed by atoms with E-state index >= 15 is 0 Å². The molecular formula is C13H15OP. The monoisotopic (exact) mass is 218 g/mol. The standard InChI is InChI=1S/C13H15OP/c1-9(14)13-8-11(15-2)7-10-5-3-4-6-12(10)13/h3-9,14-15H,1-2H3. The fourth-order valence-electron chi connectivity index (χ4n) is 1.83. The second kappa shape index (κ2) is 4.30. The van der Waals surface area contributed by atoms with Crippen molar-refractivity contribution in [2.45, 2.75) is 13.0 Å². The second-order valence-electron chi connectivity index (χ2n) is 3.71. The first-order valence-electron chi connectivity index (χ1n) is 5.11. The third kappa shape index (κ3) is 2.04. The highest BCUT2D eigenvalue weighted by molar-refractivity contribution is 7.46. The molecule has 2 heteroatoms. The van der Waals surface area contributed by atoms with E-state index in [0.29, 0.717) is 0 Å². The Hall–Kier alpha value is -0.910. The van der Waals surface area contributed by atoms with Crippen molar-refractivity contribution in [1.82, 2.24) is 0 Å². The Kier molecular flexibility index (Phi) is 3.04. The Bertz CT molecular complexity index is 477. The molecule has 0 aliphatic rings. The lowest BCUT2D eigenvalue weighted by atomic mass is 10.0. The largest absolute Gasteiger partial charge is 0.389 e. The number of fused-ring (bicyclic) bond motifs is 1. The first kappa shape index (κ1) is 10.6. The summed E-state index contributed by atoms with van der Waals surface area (Å²) in [6, 6.07) is 12.6.